The Bertz CT molecular complexity index is 1190. The Kier molecular flexibility index (Phi) is 5.82. The molecular formula is C23H22FNO5S. The molecule has 1 aliphatic rings. The molecule has 0 spiro atoms. The Labute approximate surface area is 180 Å². The van der Waals surface area contributed by atoms with Crippen LogP contribution in [0, 0.1) is 5.82 Å². The van der Waals surface area contributed by atoms with Gasteiger partial charge in [0.15, 0.2) is 9.84 Å². The van der Waals surface area contributed by atoms with Crippen molar-refractivity contribution in [1.82, 2.24) is 4.90 Å². The summed E-state index contributed by atoms with van der Waals surface area (Å²) in [7, 11) is -1.71. The molecule has 0 radical (unpaired) electrons. The second kappa shape index (κ2) is 8.55. The van der Waals surface area contributed by atoms with Gasteiger partial charge in [0.05, 0.1) is 30.7 Å². The van der Waals surface area contributed by atoms with Gasteiger partial charge in [0.1, 0.15) is 23.1 Å². The van der Waals surface area contributed by atoms with Crippen LogP contribution >= 0.6 is 0 Å². The molecule has 1 fully saturated rings. The predicted molar refractivity (Wildman–Crippen MR) is 114 cm³/mol. The number of amides is 1. The molecule has 6 nitrogen and oxygen atoms in total. The number of methoxy groups -OCH3 is 1. The summed E-state index contributed by atoms with van der Waals surface area (Å²) in [4.78, 5) is 14.9. The number of nitrogens with zero attached hydrogens (tertiary/aromatic N) is 1. The molecule has 1 atom stereocenters. The minimum Gasteiger partial charge on any atom is -0.496 e. The van der Waals surface area contributed by atoms with Crippen LogP contribution < -0.4 is 4.74 Å². The zero-order chi connectivity index (χ0) is 22.0. The number of furan rings is 1. The zero-order valence-corrected chi connectivity index (χ0v) is 17.8. The summed E-state index contributed by atoms with van der Waals surface area (Å²) in [6, 6.07) is 15.8. The van der Waals surface area contributed by atoms with Crippen LogP contribution in [0.5, 0.6) is 5.75 Å². The van der Waals surface area contributed by atoms with Crippen molar-refractivity contribution in [1.29, 1.82) is 0 Å². The summed E-state index contributed by atoms with van der Waals surface area (Å²) in [5, 5.41) is 0. The molecule has 3 aromatic rings. The molecule has 4 rings (SSSR count). The van der Waals surface area contributed by atoms with Gasteiger partial charge in [-0.15, -0.1) is 0 Å². The number of hydrogen-bond donors (Lipinski definition) is 0. The predicted octanol–water partition coefficient (Wildman–Crippen LogP) is 3.92. The van der Waals surface area contributed by atoms with E-state index in [0.717, 1.165) is 0 Å². The molecule has 2 heterocycles. The van der Waals surface area contributed by atoms with E-state index in [4.69, 9.17) is 9.15 Å². The largest absolute Gasteiger partial charge is 0.496 e. The van der Waals surface area contributed by atoms with E-state index in [1.807, 2.05) is 0 Å². The first kappa shape index (κ1) is 21.1. The lowest BCUT2D eigenvalue weighted by molar-refractivity contribution is 0.0663. The third-order valence-electron chi connectivity index (χ3n) is 5.36. The molecule has 162 valence electrons. The van der Waals surface area contributed by atoms with Gasteiger partial charge >= 0.3 is 0 Å². The highest BCUT2D eigenvalue weighted by Gasteiger charge is 2.36. The van der Waals surface area contributed by atoms with E-state index < -0.39 is 15.9 Å². The molecule has 0 aliphatic carbocycles. The maximum atomic E-state index is 13.4. The second-order valence-electron chi connectivity index (χ2n) is 7.46. The smallest absolute Gasteiger partial charge is 0.258 e. The monoisotopic (exact) mass is 443 g/mol. The van der Waals surface area contributed by atoms with E-state index in [0.29, 0.717) is 34.8 Å². The molecule has 0 unspecified atom stereocenters. The lowest BCUT2D eigenvalue weighted by Gasteiger charge is -2.28. The molecule has 0 bridgehead atoms. The van der Waals surface area contributed by atoms with Crippen molar-refractivity contribution in [2.45, 2.75) is 19.0 Å². The van der Waals surface area contributed by atoms with E-state index >= 15 is 0 Å². The van der Waals surface area contributed by atoms with Gasteiger partial charge in [0.2, 0.25) is 0 Å². The fourth-order valence-electron chi connectivity index (χ4n) is 3.76. The van der Waals surface area contributed by atoms with Gasteiger partial charge in [-0.05, 0) is 55.0 Å². The Balaban J connectivity index is 1.64. The number of ether oxygens (including phenoxy) is 1. The number of carbonyl (C=O) groups excluding carboxylic acids is 1. The van der Waals surface area contributed by atoms with Crippen molar-refractivity contribution in [3.8, 4) is 17.1 Å². The molecule has 31 heavy (non-hydrogen) atoms. The number of sulfone groups is 1. The quantitative estimate of drug-likeness (QED) is 0.577. The van der Waals surface area contributed by atoms with Crippen LogP contribution in [-0.2, 0) is 16.4 Å². The molecule has 8 heteroatoms. The highest BCUT2D eigenvalue weighted by Crippen LogP contribution is 2.28. The maximum Gasteiger partial charge on any atom is 0.258 e. The standard InChI is InChI=1S/C23H22FNO5S/c1-29-22-5-3-2-4-20(22)23(26)25(18-12-13-31(27,28)15-18)14-19-10-11-21(30-19)16-6-8-17(24)9-7-16/h2-11,18H,12-15H2,1H3/t18-/m1/s1. The van der Waals surface area contributed by atoms with Gasteiger partial charge in [-0.25, -0.2) is 12.8 Å². The van der Waals surface area contributed by atoms with Crippen LogP contribution in [0.25, 0.3) is 11.3 Å². The summed E-state index contributed by atoms with van der Waals surface area (Å²) in [6.07, 6.45) is 0.370. The molecular weight excluding hydrogens is 421 g/mol. The SMILES string of the molecule is COc1ccccc1C(=O)N(Cc1ccc(-c2ccc(F)cc2)o1)[C@@H]1CCS(=O)(=O)C1. The first-order valence-electron chi connectivity index (χ1n) is 9.85. The Hall–Kier alpha value is -3.13. The molecule has 0 N–H and O–H groups in total. The second-order valence-corrected chi connectivity index (χ2v) is 9.69. The van der Waals surface area contributed by atoms with E-state index in [9.17, 15) is 17.6 Å². The molecule has 1 aromatic heterocycles. The van der Waals surface area contributed by atoms with Crippen molar-refractivity contribution < 1.29 is 26.8 Å². The molecule has 1 amide bonds. The highest BCUT2D eigenvalue weighted by atomic mass is 32.2. The summed E-state index contributed by atoms with van der Waals surface area (Å²) in [6.45, 7) is 0.109. The Morgan fingerprint density at radius 3 is 2.55 bits per heavy atom. The summed E-state index contributed by atoms with van der Waals surface area (Å²) in [5.74, 6) is 0.771. The van der Waals surface area contributed by atoms with Gasteiger partial charge in [0.25, 0.3) is 5.91 Å². The third-order valence-corrected chi connectivity index (χ3v) is 7.11. The van der Waals surface area contributed by atoms with Crippen molar-refractivity contribution in [3.05, 3.63) is 77.8 Å². The molecule has 2 aromatic carbocycles. The first-order chi connectivity index (χ1) is 14.9. The van der Waals surface area contributed by atoms with Crippen LogP contribution in [0.3, 0.4) is 0 Å². The molecule has 1 saturated heterocycles. The van der Waals surface area contributed by atoms with Crippen molar-refractivity contribution in [2.75, 3.05) is 18.6 Å². The van der Waals surface area contributed by atoms with Crippen LogP contribution in [0.2, 0.25) is 0 Å². The van der Waals surface area contributed by atoms with Crippen LogP contribution in [0.1, 0.15) is 22.5 Å². The van der Waals surface area contributed by atoms with E-state index in [-0.39, 0.29) is 29.8 Å². The van der Waals surface area contributed by atoms with E-state index in [1.165, 1.54) is 24.1 Å². The number of hydrogen-bond acceptors (Lipinski definition) is 5. The van der Waals surface area contributed by atoms with Crippen LogP contribution in [-0.4, -0.2) is 43.9 Å². The molecule has 1 aliphatic heterocycles. The third kappa shape index (κ3) is 4.64. The van der Waals surface area contributed by atoms with Crippen LogP contribution in [0.4, 0.5) is 4.39 Å². The van der Waals surface area contributed by atoms with Crippen molar-refractivity contribution >= 4 is 15.7 Å². The molecule has 0 saturated carbocycles. The topological polar surface area (TPSA) is 76.8 Å². The van der Waals surface area contributed by atoms with Gasteiger partial charge in [0, 0.05) is 11.6 Å². The number of para-hydroxylation sites is 1. The van der Waals surface area contributed by atoms with E-state index in [2.05, 4.69) is 0 Å². The average Bonchev–Trinajstić information content (AvgIpc) is 3.38. The minimum atomic E-state index is -3.20. The number of halogens is 1. The summed E-state index contributed by atoms with van der Waals surface area (Å²) < 4.78 is 48.6. The normalized spacial score (nSPS) is 17.4. The lowest BCUT2D eigenvalue weighted by atomic mass is 10.1. The number of benzene rings is 2. The highest BCUT2D eigenvalue weighted by molar-refractivity contribution is 7.91. The summed E-state index contributed by atoms with van der Waals surface area (Å²) >= 11 is 0. The lowest BCUT2D eigenvalue weighted by Crippen LogP contribution is -2.40. The van der Waals surface area contributed by atoms with Crippen LogP contribution in [0.15, 0.2) is 65.1 Å². The number of rotatable bonds is 6. The minimum absolute atomic E-state index is 0.0480. The van der Waals surface area contributed by atoms with Gasteiger partial charge in [-0.2, -0.15) is 0 Å². The maximum absolute atomic E-state index is 13.4. The van der Waals surface area contributed by atoms with E-state index in [1.54, 1.807) is 48.5 Å². The Morgan fingerprint density at radius 1 is 1.13 bits per heavy atom. The first-order valence-corrected chi connectivity index (χ1v) is 11.7. The van der Waals surface area contributed by atoms with Crippen molar-refractivity contribution in [2.24, 2.45) is 0 Å². The van der Waals surface area contributed by atoms with Gasteiger partial charge in [-0.3, -0.25) is 4.79 Å². The van der Waals surface area contributed by atoms with Crippen molar-refractivity contribution in [3.63, 3.8) is 0 Å². The zero-order valence-electron chi connectivity index (χ0n) is 17.0. The number of carbonyl (C=O) groups is 1. The fraction of sp³-hybridized carbons (Fsp3) is 0.261. The average molecular weight is 443 g/mol. The van der Waals surface area contributed by atoms with Gasteiger partial charge < -0.3 is 14.1 Å². The van der Waals surface area contributed by atoms with Gasteiger partial charge in [-0.1, -0.05) is 12.1 Å². The fourth-order valence-corrected chi connectivity index (χ4v) is 5.49. The Morgan fingerprint density at radius 2 is 1.87 bits per heavy atom. The summed E-state index contributed by atoms with van der Waals surface area (Å²) in [5.41, 5.74) is 1.07.